The second-order valence-electron chi connectivity index (χ2n) is 4.82. The van der Waals surface area contributed by atoms with E-state index in [1.54, 1.807) is 0 Å². The molecule has 2 fully saturated rings. The Morgan fingerprint density at radius 3 is 2.20 bits per heavy atom. The van der Waals surface area contributed by atoms with Crippen molar-refractivity contribution in [1.82, 2.24) is 0 Å². The highest BCUT2D eigenvalue weighted by Crippen LogP contribution is 2.33. The van der Waals surface area contributed by atoms with Gasteiger partial charge in [0.1, 0.15) is 0 Å². The summed E-state index contributed by atoms with van der Waals surface area (Å²) in [6.07, 6.45) is 6.29. The number of alkyl halides is 1. The van der Waals surface area contributed by atoms with Crippen molar-refractivity contribution in [2.24, 2.45) is 11.8 Å². The van der Waals surface area contributed by atoms with Crippen molar-refractivity contribution < 1.29 is 9.47 Å². The zero-order valence-electron chi connectivity index (χ0n) is 9.45. The molecule has 1 saturated carbocycles. The van der Waals surface area contributed by atoms with Gasteiger partial charge in [0, 0.05) is 16.7 Å². The summed E-state index contributed by atoms with van der Waals surface area (Å²) in [5.41, 5.74) is 0. The largest absolute Gasteiger partial charge is 0.352 e. The van der Waals surface area contributed by atoms with Crippen LogP contribution in [0.1, 0.15) is 39.0 Å². The number of hydrogen-bond acceptors (Lipinski definition) is 2. The molecule has 0 unspecified atom stereocenters. The average molecular weight is 277 g/mol. The summed E-state index contributed by atoms with van der Waals surface area (Å²) >= 11 is 3.68. The molecule has 0 atom stereocenters. The number of hydrogen-bond donors (Lipinski definition) is 0. The molecule has 2 nitrogen and oxygen atoms in total. The van der Waals surface area contributed by atoms with Crippen LogP contribution in [0.15, 0.2) is 0 Å². The highest BCUT2D eigenvalue weighted by molar-refractivity contribution is 9.09. The molecule has 3 heteroatoms. The SMILES string of the molecule is CC[C@H]1CO[C@H](C2CCC(Br)CC2)OC1. The summed E-state index contributed by atoms with van der Waals surface area (Å²) in [6, 6.07) is 0. The molecule has 1 aliphatic carbocycles. The fourth-order valence-electron chi connectivity index (χ4n) is 2.42. The van der Waals surface area contributed by atoms with Gasteiger partial charge in [0.05, 0.1) is 13.2 Å². The molecule has 2 aliphatic rings. The molecule has 0 aromatic heterocycles. The Morgan fingerprint density at radius 2 is 1.67 bits per heavy atom. The first-order chi connectivity index (χ1) is 7.29. The van der Waals surface area contributed by atoms with E-state index in [0.29, 0.717) is 11.8 Å². The first kappa shape index (κ1) is 11.9. The lowest BCUT2D eigenvalue weighted by Gasteiger charge is -2.36. The predicted molar refractivity (Wildman–Crippen MR) is 64.1 cm³/mol. The number of halogens is 1. The molecular formula is C12H21BrO2. The van der Waals surface area contributed by atoms with Crippen LogP contribution < -0.4 is 0 Å². The Balaban J connectivity index is 1.75. The highest BCUT2D eigenvalue weighted by atomic mass is 79.9. The molecule has 0 aromatic carbocycles. The smallest absolute Gasteiger partial charge is 0.160 e. The van der Waals surface area contributed by atoms with Gasteiger partial charge >= 0.3 is 0 Å². The minimum Gasteiger partial charge on any atom is -0.352 e. The van der Waals surface area contributed by atoms with Crippen molar-refractivity contribution in [3.8, 4) is 0 Å². The average Bonchev–Trinajstić information content (AvgIpc) is 2.30. The lowest BCUT2D eigenvalue weighted by molar-refractivity contribution is -0.228. The standard InChI is InChI=1S/C12H21BrO2/c1-2-9-7-14-12(15-8-9)10-3-5-11(13)6-4-10/h9-12H,2-8H2,1H3/t9-,10?,11?,12-. The Morgan fingerprint density at radius 1 is 1.07 bits per heavy atom. The van der Waals surface area contributed by atoms with Crippen LogP contribution in [0.5, 0.6) is 0 Å². The third-order valence-corrected chi connectivity index (χ3v) is 4.57. The first-order valence-corrected chi connectivity index (χ1v) is 7.08. The Labute approximate surface area is 101 Å². The Kier molecular flexibility index (Phi) is 4.47. The molecular weight excluding hydrogens is 256 g/mol. The molecule has 2 rings (SSSR count). The molecule has 88 valence electrons. The molecule has 0 aromatic rings. The zero-order chi connectivity index (χ0) is 10.7. The van der Waals surface area contributed by atoms with Gasteiger partial charge in [-0.3, -0.25) is 0 Å². The third-order valence-electron chi connectivity index (χ3n) is 3.66. The molecule has 0 bridgehead atoms. The molecule has 1 saturated heterocycles. The van der Waals surface area contributed by atoms with Crippen LogP contribution in [-0.2, 0) is 9.47 Å². The lowest BCUT2D eigenvalue weighted by Crippen LogP contribution is -2.38. The van der Waals surface area contributed by atoms with Crippen LogP contribution in [0.4, 0.5) is 0 Å². The van der Waals surface area contributed by atoms with Gasteiger partial charge < -0.3 is 9.47 Å². The van der Waals surface area contributed by atoms with Gasteiger partial charge in [0.25, 0.3) is 0 Å². The van der Waals surface area contributed by atoms with E-state index in [9.17, 15) is 0 Å². The summed E-state index contributed by atoms with van der Waals surface area (Å²) in [7, 11) is 0. The molecule has 15 heavy (non-hydrogen) atoms. The molecule has 0 N–H and O–H groups in total. The van der Waals surface area contributed by atoms with Crippen molar-refractivity contribution in [3.05, 3.63) is 0 Å². The summed E-state index contributed by atoms with van der Waals surface area (Å²) in [5.74, 6) is 1.25. The van der Waals surface area contributed by atoms with Crippen molar-refractivity contribution in [1.29, 1.82) is 0 Å². The van der Waals surface area contributed by atoms with Crippen molar-refractivity contribution in [3.63, 3.8) is 0 Å². The fourth-order valence-corrected chi connectivity index (χ4v) is 2.95. The second-order valence-corrected chi connectivity index (χ2v) is 6.12. The lowest BCUT2D eigenvalue weighted by atomic mass is 9.88. The van der Waals surface area contributed by atoms with E-state index in [1.165, 1.54) is 32.1 Å². The maximum absolute atomic E-state index is 5.82. The van der Waals surface area contributed by atoms with E-state index < -0.39 is 0 Å². The van der Waals surface area contributed by atoms with Crippen molar-refractivity contribution in [2.75, 3.05) is 13.2 Å². The van der Waals surface area contributed by atoms with Gasteiger partial charge in [0.2, 0.25) is 0 Å². The van der Waals surface area contributed by atoms with E-state index in [0.717, 1.165) is 18.0 Å². The van der Waals surface area contributed by atoms with Crippen LogP contribution in [0.3, 0.4) is 0 Å². The predicted octanol–water partition coefficient (Wildman–Crippen LogP) is 3.34. The third kappa shape index (κ3) is 3.18. The fraction of sp³-hybridized carbons (Fsp3) is 1.00. The summed E-state index contributed by atoms with van der Waals surface area (Å²) < 4.78 is 11.6. The van der Waals surface area contributed by atoms with Gasteiger partial charge in [-0.1, -0.05) is 22.9 Å². The van der Waals surface area contributed by atoms with E-state index >= 15 is 0 Å². The van der Waals surface area contributed by atoms with E-state index in [-0.39, 0.29) is 6.29 Å². The summed E-state index contributed by atoms with van der Waals surface area (Å²) in [5, 5.41) is 0. The molecule has 0 spiro atoms. The Hall–Kier alpha value is 0.400. The molecule has 1 heterocycles. The maximum Gasteiger partial charge on any atom is 0.160 e. The van der Waals surface area contributed by atoms with E-state index in [1.807, 2.05) is 0 Å². The van der Waals surface area contributed by atoms with Crippen LogP contribution >= 0.6 is 15.9 Å². The van der Waals surface area contributed by atoms with Crippen molar-refractivity contribution in [2.45, 2.75) is 50.1 Å². The van der Waals surface area contributed by atoms with Crippen LogP contribution in [-0.4, -0.2) is 24.3 Å². The van der Waals surface area contributed by atoms with E-state index in [4.69, 9.17) is 9.47 Å². The topological polar surface area (TPSA) is 18.5 Å². The van der Waals surface area contributed by atoms with Crippen molar-refractivity contribution >= 4 is 15.9 Å². The highest BCUT2D eigenvalue weighted by Gasteiger charge is 2.31. The van der Waals surface area contributed by atoms with Gasteiger partial charge in [-0.15, -0.1) is 0 Å². The molecule has 0 radical (unpaired) electrons. The second kappa shape index (κ2) is 5.65. The normalized spacial score (nSPS) is 42.8. The molecule has 1 aliphatic heterocycles. The summed E-state index contributed by atoms with van der Waals surface area (Å²) in [4.78, 5) is 0.723. The van der Waals surface area contributed by atoms with Crippen LogP contribution in [0, 0.1) is 11.8 Å². The van der Waals surface area contributed by atoms with Gasteiger partial charge in [-0.25, -0.2) is 0 Å². The minimum atomic E-state index is 0.0906. The monoisotopic (exact) mass is 276 g/mol. The minimum absolute atomic E-state index is 0.0906. The summed E-state index contributed by atoms with van der Waals surface area (Å²) in [6.45, 7) is 4.00. The van der Waals surface area contributed by atoms with Crippen LogP contribution in [0.25, 0.3) is 0 Å². The number of rotatable bonds is 2. The van der Waals surface area contributed by atoms with E-state index in [2.05, 4.69) is 22.9 Å². The van der Waals surface area contributed by atoms with Gasteiger partial charge in [0.15, 0.2) is 6.29 Å². The zero-order valence-corrected chi connectivity index (χ0v) is 11.0. The van der Waals surface area contributed by atoms with Crippen LogP contribution in [0.2, 0.25) is 0 Å². The quantitative estimate of drug-likeness (QED) is 0.721. The Bertz CT molecular complexity index is 182. The number of ether oxygens (including phenoxy) is 2. The molecule has 0 amide bonds. The van der Waals surface area contributed by atoms with Gasteiger partial charge in [-0.2, -0.15) is 0 Å². The first-order valence-electron chi connectivity index (χ1n) is 6.17. The van der Waals surface area contributed by atoms with Gasteiger partial charge in [-0.05, 0) is 32.1 Å². The maximum atomic E-state index is 5.82.